The first kappa shape index (κ1) is 11.2. The second kappa shape index (κ2) is 4.41. The Kier molecular flexibility index (Phi) is 2.74. The fourth-order valence-corrected chi connectivity index (χ4v) is 1.93. The molecular weight excluding hydrogens is 222 g/mol. The van der Waals surface area contributed by atoms with Crippen LogP contribution in [0.5, 0.6) is 0 Å². The van der Waals surface area contributed by atoms with Gasteiger partial charge in [0.2, 0.25) is 0 Å². The first-order valence-electron chi connectivity index (χ1n) is 6.38. The zero-order valence-electron chi connectivity index (χ0n) is 10.8. The van der Waals surface area contributed by atoms with Gasteiger partial charge in [-0.05, 0) is 43.9 Å². The lowest BCUT2D eigenvalue weighted by atomic mass is 10.0. The second-order valence-electron chi connectivity index (χ2n) is 5.01. The van der Waals surface area contributed by atoms with Crippen molar-refractivity contribution in [3.63, 3.8) is 0 Å². The van der Waals surface area contributed by atoms with Crippen molar-refractivity contribution in [1.29, 1.82) is 0 Å². The first-order valence-corrected chi connectivity index (χ1v) is 6.38. The lowest BCUT2D eigenvalue weighted by molar-refractivity contribution is 1.08. The van der Waals surface area contributed by atoms with Gasteiger partial charge in [-0.15, -0.1) is 0 Å². The number of anilines is 1. The highest BCUT2D eigenvalue weighted by Gasteiger charge is 2.21. The van der Waals surface area contributed by atoms with E-state index in [-0.39, 0.29) is 0 Å². The molecule has 1 aromatic heterocycles. The molecule has 0 aliphatic heterocycles. The average Bonchev–Trinajstić information content (AvgIpc) is 3.17. The van der Waals surface area contributed by atoms with Crippen LogP contribution in [0.25, 0.3) is 11.3 Å². The van der Waals surface area contributed by atoms with Crippen LogP contribution in [0.2, 0.25) is 0 Å². The van der Waals surface area contributed by atoms with Crippen LogP contribution in [0.1, 0.15) is 24.0 Å². The van der Waals surface area contributed by atoms with Crippen molar-refractivity contribution in [2.45, 2.75) is 32.7 Å². The largest absolute Gasteiger partial charge is 0.367 e. The minimum Gasteiger partial charge on any atom is -0.367 e. The standard InChI is InChI=1S/C15H17N3/c1-10-3-4-12(7-11(10)2)14-8-15(17-9-16-14)18-13-5-6-13/h3-4,7-9,13H,5-6H2,1-2H3,(H,16,17,18). The van der Waals surface area contributed by atoms with Crippen molar-refractivity contribution in [3.05, 3.63) is 41.7 Å². The van der Waals surface area contributed by atoms with Crippen LogP contribution < -0.4 is 5.32 Å². The van der Waals surface area contributed by atoms with Crippen molar-refractivity contribution in [3.8, 4) is 11.3 Å². The summed E-state index contributed by atoms with van der Waals surface area (Å²) in [4.78, 5) is 8.62. The van der Waals surface area contributed by atoms with E-state index in [1.165, 1.54) is 24.0 Å². The number of aryl methyl sites for hydroxylation is 2. The molecule has 1 aliphatic rings. The van der Waals surface area contributed by atoms with Crippen molar-refractivity contribution >= 4 is 5.82 Å². The molecule has 0 spiro atoms. The molecule has 1 heterocycles. The molecule has 0 unspecified atom stereocenters. The lowest BCUT2D eigenvalue weighted by Crippen LogP contribution is -2.03. The zero-order valence-corrected chi connectivity index (χ0v) is 10.8. The van der Waals surface area contributed by atoms with Crippen molar-refractivity contribution < 1.29 is 0 Å². The lowest BCUT2D eigenvalue weighted by Gasteiger charge is -2.07. The summed E-state index contributed by atoms with van der Waals surface area (Å²) >= 11 is 0. The molecule has 0 bridgehead atoms. The molecule has 0 radical (unpaired) electrons. The SMILES string of the molecule is Cc1ccc(-c2cc(NC3CC3)ncn2)cc1C. The first-order chi connectivity index (χ1) is 8.72. The molecule has 1 N–H and O–H groups in total. The smallest absolute Gasteiger partial charge is 0.130 e. The number of nitrogens with zero attached hydrogens (tertiary/aromatic N) is 2. The molecule has 1 aliphatic carbocycles. The summed E-state index contributed by atoms with van der Waals surface area (Å²) < 4.78 is 0. The molecule has 92 valence electrons. The summed E-state index contributed by atoms with van der Waals surface area (Å²) in [6, 6.07) is 9.08. The van der Waals surface area contributed by atoms with Gasteiger partial charge < -0.3 is 5.32 Å². The third kappa shape index (κ3) is 2.35. The topological polar surface area (TPSA) is 37.8 Å². The zero-order chi connectivity index (χ0) is 12.5. The van der Waals surface area contributed by atoms with Gasteiger partial charge >= 0.3 is 0 Å². The van der Waals surface area contributed by atoms with Crippen molar-refractivity contribution in [1.82, 2.24) is 9.97 Å². The Morgan fingerprint density at radius 2 is 1.89 bits per heavy atom. The maximum atomic E-state index is 4.36. The quantitative estimate of drug-likeness (QED) is 0.892. The van der Waals surface area contributed by atoms with Crippen LogP contribution in [0.4, 0.5) is 5.82 Å². The summed E-state index contributed by atoms with van der Waals surface area (Å²) in [5.74, 6) is 0.931. The third-order valence-electron chi connectivity index (χ3n) is 3.40. The molecule has 1 fully saturated rings. The minimum absolute atomic E-state index is 0.618. The molecule has 1 aromatic carbocycles. The van der Waals surface area contributed by atoms with E-state index in [1.54, 1.807) is 6.33 Å². The van der Waals surface area contributed by atoms with E-state index >= 15 is 0 Å². The van der Waals surface area contributed by atoms with E-state index in [9.17, 15) is 0 Å². The van der Waals surface area contributed by atoms with Gasteiger partial charge in [0.15, 0.2) is 0 Å². The molecule has 1 saturated carbocycles. The molecule has 3 heteroatoms. The minimum atomic E-state index is 0.618. The van der Waals surface area contributed by atoms with Crippen molar-refractivity contribution in [2.75, 3.05) is 5.32 Å². The number of hydrogen-bond donors (Lipinski definition) is 1. The Hall–Kier alpha value is -1.90. The van der Waals surface area contributed by atoms with Gasteiger partial charge in [-0.3, -0.25) is 0 Å². The summed E-state index contributed by atoms with van der Waals surface area (Å²) in [6.07, 6.45) is 4.14. The molecule has 0 amide bonds. The van der Waals surface area contributed by atoms with E-state index < -0.39 is 0 Å². The Morgan fingerprint density at radius 3 is 2.61 bits per heavy atom. The van der Waals surface area contributed by atoms with E-state index in [1.807, 2.05) is 6.07 Å². The van der Waals surface area contributed by atoms with E-state index in [2.05, 4.69) is 47.3 Å². The van der Waals surface area contributed by atoms with Crippen LogP contribution in [0, 0.1) is 13.8 Å². The van der Waals surface area contributed by atoms with Crippen LogP contribution in [0.15, 0.2) is 30.6 Å². The van der Waals surface area contributed by atoms with Crippen LogP contribution >= 0.6 is 0 Å². The monoisotopic (exact) mass is 239 g/mol. The number of aromatic nitrogens is 2. The second-order valence-corrected chi connectivity index (χ2v) is 5.01. The van der Waals surface area contributed by atoms with Crippen LogP contribution in [-0.2, 0) is 0 Å². The Bertz CT molecular complexity index is 574. The fourth-order valence-electron chi connectivity index (χ4n) is 1.93. The van der Waals surface area contributed by atoms with E-state index in [4.69, 9.17) is 0 Å². The predicted octanol–water partition coefficient (Wildman–Crippen LogP) is 3.33. The van der Waals surface area contributed by atoms with Crippen LogP contribution in [-0.4, -0.2) is 16.0 Å². The predicted molar refractivity (Wildman–Crippen MR) is 73.6 cm³/mol. The third-order valence-corrected chi connectivity index (χ3v) is 3.40. The molecule has 3 nitrogen and oxygen atoms in total. The Morgan fingerprint density at radius 1 is 1.06 bits per heavy atom. The van der Waals surface area contributed by atoms with Gasteiger partial charge in [0.1, 0.15) is 12.1 Å². The normalized spacial score (nSPS) is 14.6. The van der Waals surface area contributed by atoms with E-state index in [0.29, 0.717) is 6.04 Å². The highest BCUT2D eigenvalue weighted by Crippen LogP contribution is 2.26. The maximum Gasteiger partial charge on any atom is 0.130 e. The van der Waals surface area contributed by atoms with Gasteiger partial charge in [-0.1, -0.05) is 12.1 Å². The fraction of sp³-hybridized carbons (Fsp3) is 0.333. The molecular formula is C15H17N3. The maximum absolute atomic E-state index is 4.36. The van der Waals surface area contributed by atoms with E-state index in [0.717, 1.165) is 17.1 Å². The molecule has 18 heavy (non-hydrogen) atoms. The van der Waals surface area contributed by atoms with Crippen molar-refractivity contribution in [2.24, 2.45) is 0 Å². The van der Waals surface area contributed by atoms with Gasteiger partial charge in [0.25, 0.3) is 0 Å². The van der Waals surface area contributed by atoms with Gasteiger partial charge in [-0.2, -0.15) is 0 Å². The van der Waals surface area contributed by atoms with Gasteiger partial charge in [0.05, 0.1) is 5.69 Å². The summed E-state index contributed by atoms with van der Waals surface area (Å²) in [6.45, 7) is 4.25. The Labute approximate surface area is 107 Å². The van der Waals surface area contributed by atoms with Crippen LogP contribution in [0.3, 0.4) is 0 Å². The average molecular weight is 239 g/mol. The Balaban J connectivity index is 1.92. The summed E-state index contributed by atoms with van der Waals surface area (Å²) in [5.41, 5.74) is 4.74. The highest BCUT2D eigenvalue weighted by molar-refractivity contribution is 5.63. The van der Waals surface area contributed by atoms with Gasteiger partial charge in [-0.25, -0.2) is 9.97 Å². The summed E-state index contributed by atoms with van der Waals surface area (Å²) in [7, 11) is 0. The number of benzene rings is 1. The molecule has 0 saturated heterocycles. The summed E-state index contributed by atoms with van der Waals surface area (Å²) in [5, 5.41) is 3.40. The highest BCUT2D eigenvalue weighted by atomic mass is 15.1. The molecule has 2 aromatic rings. The van der Waals surface area contributed by atoms with Gasteiger partial charge in [0, 0.05) is 17.7 Å². The number of nitrogens with one attached hydrogen (secondary N) is 1. The number of rotatable bonds is 3. The molecule has 0 atom stereocenters. The molecule has 3 rings (SSSR count). The number of hydrogen-bond acceptors (Lipinski definition) is 3.